The number of anilines is 1. The third kappa shape index (κ3) is 3.09. The van der Waals surface area contributed by atoms with Gasteiger partial charge >= 0.3 is 0 Å². The topological polar surface area (TPSA) is 58.6 Å². The van der Waals surface area contributed by atoms with Gasteiger partial charge in [0, 0.05) is 17.6 Å². The number of ether oxygens (including phenoxy) is 1. The molecular formula is C28H30N2O3. The van der Waals surface area contributed by atoms with Gasteiger partial charge in [0.15, 0.2) is 0 Å². The minimum atomic E-state index is -0.941. The fourth-order valence-electron chi connectivity index (χ4n) is 6.45. The number of benzene rings is 2. The van der Waals surface area contributed by atoms with Gasteiger partial charge in [-0.05, 0) is 49.9 Å². The first-order valence-electron chi connectivity index (χ1n) is 12.1. The molecule has 2 saturated heterocycles. The van der Waals surface area contributed by atoms with E-state index in [2.05, 4.69) is 42.6 Å². The van der Waals surface area contributed by atoms with E-state index in [1.165, 1.54) is 5.56 Å². The molecule has 5 nitrogen and oxygen atoms in total. The van der Waals surface area contributed by atoms with Crippen LogP contribution in [-0.4, -0.2) is 35.6 Å². The third-order valence-corrected chi connectivity index (χ3v) is 7.97. The minimum absolute atomic E-state index is 0.0235. The van der Waals surface area contributed by atoms with Gasteiger partial charge < -0.3 is 10.1 Å². The van der Waals surface area contributed by atoms with Gasteiger partial charge in [0.25, 0.3) is 0 Å². The highest BCUT2D eigenvalue weighted by molar-refractivity contribution is 6.09. The van der Waals surface area contributed by atoms with E-state index < -0.39 is 17.6 Å². The molecule has 1 N–H and O–H groups in total. The third-order valence-electron chi connectivity index (χ3n) is 7.97. The summed E-state index contributed by atoms with van der Waals surface area (Å²) in [5.74, 6) is -0.645. The number of aryl methyl sites for hydroxylation is 2. The first kappa shape index (κ1) is 20.7. The van der Waals surface area contributed by atoms with Gasteiger partial charge in [0.05, 0.1) is 12.0 Å². The van der Waals surface area contributed by atoms with Gasteiger partial charge in [-0.3, -0.25) is 14.5 Å². The van der Waals surface area contributed by atoms with E-state index in [0.29, 0.717) is 0 Å². The molecule has 3 aliphatic heterocycles. The van der Waals surface area contributed by atoms with Gasteiger partial charge in [0.2, 0.25) is 11.8 Å². The Morgan fingerprint density at radius 1 is 1.06 bits per heavy atom. The number of rotatable bonds is 4. The quantitative estimate of drug-likeness (QED) is 0.723. The van der Waals surface area contributed by atoms with E-state index in [0.717, 1.165) is 42.5 Å². The maximum Gasteiger partial charge on any atom is 0.246 e. The molecule has 170 valence electrons. The molecule has 0 unspecified atom stereocenters. The molecule has 1 spiro atoms. The molecule has 3 heterocycles. The average molecular weight is 443 g/mol. The summed E-state index contributed by atoms with van der Waals surface area (Å²) in [5.41, 5.74) is 3.15. The van der Waals surface area contributed by atoms with Crippen LogP contribution in [0.15, 0.2) is 60.7 Å². The van der Waals surface area contributed by atoms with Crippen LogP contribution < -0.4 is 10.2 Å². The fraction of sp³-hybridized carbons (Fsp3) is 0.429. The first-order chi connectivity index (χ1) is 16.0. The zero-order valence-corrected chi connectivity index (χ0v) is 19.2. The molecular weight excluding hydrogens is 412 g/mol. The van der Waals surface area contributed by atoms with Gasteiger partial charge in [-0.25, -0.2) is 0 Å². The van der Waals surface area contributed by atoms with Crippen molar-refractivity contribution in [2.24, 2.45) is 5.92 Å². The van der Waals surface area contributed by atoms with Crippen molar-refractivity contribution in [3.63, 3.8) is 0 Å². The van der Waals surface area contributed by atoms with Gasteiger partial charge in [-0.1, -0.05) is 67.0 Å². The number of amides is 2. The number of fused-ring (bicyclic) bond motifs is 1. The molecule has 0 aromatic heterocycles. The van der Waals surface area contributed by atoms with Crippen LogP contribution in [0.2, 0.25) is 0 Å². The highest BCUT2D eigenvalue weighted by Gasteiger charge is 2.71. The van der Waals surface area contributed by atoms with E-state index in [4.69, 9.17) is 4.74 Å². The summed E-state index contributed by atoms with van der Waals surface area (Å²) >= 11 is 0. The lowest BCUT2D eigenvalue weighted by molar-refractivity contribution is -0.127. The van der Waals surface area contributed by atoms with Crippen LogP contribution in [0, 0.1) is 19.8 Å². The van der Waals surface area contributed by atoms with Crippen molar-refractivity contribution >= 4 is 17.5 Å². The summed E-state index contributed by atoms with van der Waals surface area (Å²) in [5, 5.41) is 3.26. The van der Waals surface area contributed by atoms with E-state index in [-0.39, 0.29) is 29.9 Å². The van der Waals surface area contributed by atoms with Crippen molar-refractivity contribution in [3.05, 3.63) is 77.4 Å². The summed E-state index contributed by atoms with van der Waals surface area (Å²) in [6.07, 6.45) is 8.14. The zero-order valence-electron chi connectivity index (χ0n) is 19.2. The Morgan fingerprint density at radius 3 is 2.55 bits per heavy atom. The largest absolute Gasteiger partial charge is 0.359 e. The molecule has 5 atom stereocenters. The number of carbonyl (C=O) groups is 2. The van der Waals surface area contributed by atoms with Gasteiger partial charge in [0.1, 0.15) is 11.6 Å². The molecule has 1 aliphatic carbocycles. The zero-order chi connectivity index (χ0) is 22.7. The SMILES string of the molecule is Cc1ccc([C@H]2[C@H]3C(=O)N(c4cccc(C)c4)[C@H](C(=O)NC4CCCC4)[C@@]34C=C[C@H]2O4)cc1. The summed E-state index contributed by atoms with van der Waals surface area (Å²) in [6.45, 7) is 4.07. The Hall–Kier alpha value is -2.92. The number of hydrogen-bond acceptors (Lipinski definition) is 3. The highest BCUT2D eigenvalue weighted by Crippen LogP contribution is 2.59. The Morgan fingerprint density at radius 2 is 1.82 bits per heavy atom. The molecule has 6 rings (SSSR count). The fourth-order valence-corrected chi connectivity index (χ4v) is 6.45. The molecule has 0 radical (unpaired) electrons. The second kappa shape index (κ2) is 7.56. The van der Waals surface area contributed by atoms with E-state index >= 15 is 0 Å². The van der Waals surface area contributed by atoms with Crippen LogP contribution in [0.3, 0.4) is 0 Å². The standard InChI is InChI=1S/C28H30N2O3/c1-17-10-12-19(13-11-17)23-22-14-15-28(33-22)24(23)27(32)30(21-9-5-6-18(2)16-21)25(28)26(31)29-20-7-3-4-8-20/h5-6,9-16,20,22-25H,3-4,7-8H2,1-2H3,(H,29,31)/t22-,23-,24+,25-,28-/m1/s1. The Bertz CT molecular complexity index is 1130. The van der Waals surface area contributed by atoms with Gasteiger partial charge in [-0.15, -0.1) is 0 Å². The predicted octanol–water partition coefficient (Wildman–Crippen LogP) is 4.18. The molecule has 2 aromatic carbocycles. The molecule has 3 fully saturated rings. The van der Waals surface area contributed by atoms with Crippen molar-refractivity contribution in [1.82, 2.24) is 5.32 Å². The summed E-state index contributed by atoms with van der Waals surface area (Å²) in [4.78, 5) is 29.6. The summed E-state index contributed by atoms with van der Waals surface area (Å²) < 4.78 is 6.60. The maximum absolute atomic E-state index is 14.1. The number of carbonyl (C=O) groups excluding carboxylic acids is 2. The van der Waals surface area contributed by atoms with E-state index in [9.17, 15) is 9.59 Å². The monoisotopic (exact) mass is 442 g/mol. The van der Waals surface area contributed by atoms with Crippen LogP contribution in [0.1, 0.15) is 48.3 Å². The van der Waals surface area contributed by atoms with Gasteiger partial charge in [-0.2, -0.15) is 0 Å². The highest BCUT2D eigenvalue weighted by atomic mass is 16.5. The molecule has 5 heteroatoms. The lowest BCUT2D eigenvalue weighted by Crippen LogP contribution is -2.56. The van der Waals surface area contributed by atoms with Crippen molar-refractivity contribution < 1.29 is 14.3 Å². The summed E-state index contributed by atoms with van der Waals surface area (Å²) in [6, 6.07) is 15.7. The molecule has 1 saturated carbocycles. The second-order valence-electron chi connectivity index (χ2n) is 10.1. The number of nitrogens with one attached hydrogen (secondary N) is 1. The molecule has 2 bridgehead atoms. The van der Waals surface area contributed by atoms with Crippen LogP contribution in [-0.2, 0) is 14.3 Å². The van der Waals surface area contributed by atoms with E-state index in [1.54, 1.807) is 4.90 Å². The lowest BCUT2D eigenvalue weighted by atomic mass is 9.72. The smallest absolute Gasteiger partial charge is 0.246 e. The number of hydrogen-bond donors (Lipinski definition) is 1. The van der Waals surface area contributed by atoms with Crippen molar-refractivity contribution in [2.75, 3.05) is 4.90 Å². The molecule has 2 aromatic rings. The van der Waals surface area contributed by atoms with Crippen molar-refractivity contribution in [1.29, 1.82) is 0 Å². The summed E-state index contributed by atoms with van der Waals surface area (Å²) in [7, 11) is 0. The second-order valence-corrected chi connectivity index (χ2v) is 10.1. The van der Waals surface area contributed by atoms with Crippen molar-refractivity contribution in [2.45, 2.75) is 69.2 Å². The predicted molar refractivity (Wildman–Crippen MR) is 127 cm³/mol. The molecule has 2 amide bonds. The van der Waals surface area contributed by atoms with Crippen LogP contribution in [0.5, 0.6) is 0 Å². The normalized spacial score (nSPS) is 32.5. The van der Waals surface area contributed by atoms with Crippen LogP contribution >= 0.6 is 0 Å². The number of nitrogens with zero attached hydrogens (tertiary/aromatic N) is 1. The van der Waals surface area contributed by atoms with E-state index in [1.807, 2.05) is 37.3 Å². The first-order valence-corrected chi connectivity index (χ1v) is 12.1. The minimum Gasteiger partial charge on any atom is -0.359 e. The maximum atomic E-state index is 14.1. The average Bonchev–Trinajstić information content (AvgIpc) is 3.56. The van der Waals surface area contributed by atoms with Crippen LogP contribution in [0.4, 0.5) is 5.69 Å². The Labute approximate surface area is 194 Å². The molecule has 4 aliphatic rings. The lowest BCUT2D eigenvalue weighted by Gasteiger charge is -2.33. The van der Waals surface area contributed by atoms with Crippen molar-refractivity contribution in [3.8, 4) is 0 Å². The Kier molecular flexibility index (Phi) is 4.73. The van der Waals surface area contributed by atoms with Crippen LogP contribution in [0.25, 0.3) is 0 Å². The Balaban J connectivity index is 1.45. The molecule has 33 heavy (non-hydrogen) atoms.